The molecule has 3 heteroatoms. The molecule has 1 N–H and O–H groups in total. The van der Waals surface area contributed by atoms with Crippen molar-refractivity contribution in [1.82, 2.24) is 10.2 Å². The number of carbonyl (C=O) groups excluding carboxylic acids is 1. The van der Waals surface area contributed by atoms with Crippen LogP contribution in [0.1, 0.15) is 25.7 Å². The molecule has 1 aliphatic rings. The van der Waals surface area contributed by atoms with Crippen LogP contribution in [0.4, 0.5) is 4.79 Å². The van der Waals surface area contributed by atoms with Gasteiger partial charge in [-0.3, -0.25) is 0 Å². The van der Waals surface area contributed by atoms with E-state index in [4.69, 9.17) is 0 Å². The van der Waals surface area contributed by atoms with E-state index >= 15 is 0 Å². The zero-order valence-electron chi connectivity index (χ0n) is 9.12. The van der Waals surface area contributed by atoms with Crippen LogP contribution >= 0.6 is 0 Å². The van der Waals surface area contributed by atoms with Gasteiger partial charge in [0.05, 0.1) is 0 Å². The van der Waals surface area contributed by atoms with Gasteiger partial charge in [-0.05, 0) is 25.2 Å². The predicted molar refractivity (Wildman–Crippen MR) is 58.2 cm³/mol. The van der Waals surface area contributed by atoms with Gasteiger partial charge < -0.3 is 10.2 Å². The number of nitrogens with zero attached hydrogens (tertiary/aromatic N) is 1. The molecule has 80 valence electrons. The zero-order chi connectivity index (χ0) is 10.6. The number of allylic oxidation sites excluding steroid dienone is 1. The average molecular weight is 196 g/mol. The van der Waals surface area contributed by atoms with Crippen molar-refractivity contribution in [1.29, 1.82) is 0 Å². The first-order chi connectivity index (χ1) is 6.63. The fraction of sp³-hybridized carbons (Fsp3) is 0.727. The number of hydrogen-bond acceptors (Lipinski definition) is 1. The van der Waals surface area contributed by atoms with E-state index in [1.165, 1.54) is 12.8 Å². The van der Waals surface area contributed by atoms with Crippen molar-refractivity contribution < 1.29 is 4.79 Å². The molecule has 0 unspecified atom stereocenters. The fourth-order valence-electron chi connectivity index (χ4n) is 1.88. The summed E-state index contributed by atoms with van der Waals surface area (Å²) in [5.41, 5.74) is 0. The van der Waals surface area contributed by atoms with E-state index in [0.29, 0.717) is 12.0 Å². The summed E-state index contributed by atoms with van der Waals surface area (Å²) in [6.45, 7) is 3.81. The summed E-state index contributed by atoms with van der Waals surface area (Å²) >= 11 is 0. The Kier molecular flexibility index (Phi) is 3.98. The second kappa shape index (κ2) is 5.03. The van der Waals surface area contributed by atoms with Crippen LogP contribution < -0.4 is 5.32 Å². The SMILES string of the molecule is C=C[C@@H]1CCC[C@@H](NC(=O)N(C)C)C1. The highest BCUT2D eigenvalue weighted by Gasteiger charge is 2.21. The Morgan fingerprint density at radius 2 is 2.21 bits per heavy atom. The smallest absolute Gasteiger partial charge is 0.317 e. The molecule has 2 atom stereocenters. The Hall–Kier alpha value is -0.990. The molecule has 0 heterocycles. The average Bonchev–Trinajstić information content (AvgIpc) is 2.18. The summed E-state index contributed by atoms with van der Waals surface area (Å²) in [7, 11) is 3.53. The first kappa shape index (κ1) is 11.1. The lowest BCUT2D eigenvalue weighted by Gasteiger charge is -2.28. The number of rotatable bonds is 2. The largest absolute Gasteiger partial charge is 0.335 e. The Morgan fingerprint density at radius 1 is 1.50 bits per heavy atom. The highest BCUT2D eigenvalue weighted by molar-refractivity contribution is 5.73. The maximum atomic E-state index is 11.4. The van der Waals surface area contributed by atoms with Gasteiger partial charge in [0.25, 0.3) is 0 Å². The molecule has 0 spiro atoms. The van der Waals surface area contributed by atoms with Crippen molar-refractivity contribution in [3.8, 4) is 0 Å². The van der Waals surface area contributed by atoms with Gasteiger partial charge in [-0.2, -0.15) is 0 Å². The van der Waals surface area contributed by atoms with Crippen LogP contribution in [0.3, 0.4) is 0 Å². The second-order valence-electron chi connectivity index (χ2n) is 4.20. The molecule has 0 aliphatic heterocycles. The number of hydrogen-bond donors (Lipinski definition) is 1. The van der Waals surface area contributed by atoms with E-state index < -0.39 is 0 Å². The molecule has 3 nitrogen and oxygen atoms in total. The van der Waals surface area contributed by atoms with E-state index in [1.54, 1.807) is 19.0 Å². The van der Waals surface area contributed by atoms with Crippen LogP contribution in [-0.4, -0.2) is 31.1 Å². The summed E-state index contributed by atoms with van der Waals surface area (Å²) in [6.07, 6.45) is 6.56. The summed E-state index contributed by atoms with van der Waals surface area (Å²) in [5.74, 6) is 0.580. The molecular weight excluding hydrogens is 176 g/mol. The van der Waals surface area contributed by atoms with Gasteiger partial charge in [0.15, 0.2) is 0 Å². The van der Waals surface area contributed by atoms with Crippen LogP contribution in [-0.2, 0) is 0 Å². The van der Waals surface area contributed by atoms with Crippen LogP contribution in [0.15, 0.2) is 12.7 Å². The van der Waals surface area contributed by atoms with Gasteiger partial charge in [0.1, 0.15) is 0 Å². The van der Waals surface area contributed by atoms with Crippen LogP contribution in [0.5, 0.6) is 0 Å². The minimum atomic E-state index is 0.0136. The molecule has 1 aliphatic carbocycles. The molecule has 2 amide bonds. The topological polar surface area (TPSA) is 32.3 Å². The third-order valence-corrected chi connectivity index (χ3v) is 2.78. The lowest BCUT2D eigenvalue weighted by Crippen LogP contribution is -2.43. The predicted octanol–water partition coefficient (Wildman–Crippen LogP) is 2.00. The van der Waals surface area contributed by atoms with E-state index in [9.17, 15) is 4.79 Å². The molecule has 1 rings (SSSR count). The Labute approximate surface area is 86.2 Å². The third kappa shape index (κ3) is 3.05. The van der Waals surface area contributed by atoms with Crippen molar-refractivity contribution >= 4 is 6.03 Å². The molecule has 14 heavy (non-hydrogen) atoms. The molecular formula is C11H20N2O. The first-order valence-electron chi connectivity index (χ1n) is 5.24. The van der Waals surface area contributed by atoms with Gasteiger partial charge in [-0.15, -0.1) is 6.58 Å². The minimum absolute atomic E-state index is 0.0136. The number of amides is 2. The van der Waals surface area contributed by atoms with Gasteiger partial charge in [0.2, 0.25) is 0 Å². The lowest BCUT2D eigenvalue weighted by molar-refractivity contribution is 0.206. The zero-order valence-corrected chi connectivity index (χ0v) is 9.12. The number of urea groups is 1. The maximum absolute atomic E-state index is 11.4. The lowest BCUT2D eigenvalue weighted by atomic mass is 9.86. The van der Waals surface area contributed by atoms with Crippen molar-refractivity contribution in [2.75, 3.05) is 14.1 Å². The van der Waals surface area contributed by atoms with Crippen molar-refractivity contribution in [3.63, 3.8) is 0 Å². The molecule has 0 radical (unpaired) electrons. The van der Waals surface area contributed by atoms with Crippen LogP contribution in [0.25, 0.3) is 0 Å². The van der Waals surface area contributed by atoms with Gasteiger partial charge >= 0.3 is 6.03 Å². The summed E-state index contributed by atoms with van der Waals surface area (Å²) in [6, 6.07) is 0.348. The van der Waals surface area contributed by atoms with Gasteiger partial charge in [-0.1, -0.05) is 12.5 Å². The second-order valence-corrected chi connectivity index (χ2v) is 4.20. The van der Waals surface area contributed by atoms with E-state index in [2.05, 4.69) is 11.9 Å². The normalized spacial score (nSPS) is 26.7. The molecule has 1 fully saturated rings. The minimum Gasteiger partial charge on any atom is -0.335 e. The third-order valence-electron chi connectivity index (χ3n) is 2.78. The molecule has 1 saturated carbocycles. The van der Waals surface area contributed by atoms with E-state index in [-0.39, 0.29) is 6.03 Å². The van der Waals surface area contributed by atoms with Crippen molar-refractivity contribution in [3.05, 3.63) is 12.7 Å². The molecule has 0 aromatic rings. The quantitative estimate of drug-likeness (QED) is 0.673. The number of carbonyl (C=O) groups is 1. The Balaban J connectivity index is 2.37. The molecule has 0 bridgehead atoms. The molecule has 0 aromatic heterocycles. The Bertz CT molecular complexity index is 213. The molecule has 0 aromatic carbocycles. The number of nitrogens with one attached hydrogen (secondary N) is 1. The van der Waals surface area contributed by atoms with Gasteiger partial charge in [0, 0.05) is 20.1 Å². The highest BCUT2D eigenvalue weighted by Crippen LogP contribution is 2.24. The van der Waals surface area contributed by atoms with Crippen molar-refractivity contribution in [2.24, 2.45) is 5.92 Å². The fourth-order valence-corrected chi connectivity index (χ4v) is 1.88. The van der Waals surface area contributed by atoms with Crippen LogP contribution in [0.2, 0.25) is 0 Å². The van der Waals surface area contributed by atoms with E-state index in [0.717, 1.165) is 12.8 Å². The summed E-state index contributed by atoms with van der Waals surface area (Å²) in [4.78, 5) is 13.0. The van der Waals surface area contributed by atoms with Gasteiger partial charge in [-0.25, -0.2) is 4.79 Å². The molecule has 0 saturated heterocycles. The summed E-state index contributed by atoms with van der Waals surface area (Å²) in [5, 5.41) is 3.02. The Morgan fingerprint density at radius 3 is 2.79 bits per heavy atom. The van der Waals surface area contributed by atoms with E-state index in [1.807, 2.05) is 6.08 Å². The standard InChI is InChI=1S/C11H20N2O/c1-4-9-6-5-7-10(8-9)12-11(14)13(2)3/h4,9-10H,1,5-8H2,2-3H3,(H,12,14)/t9-,10-/m1/s1. The van der Waals surface area contributed by atoms with Crippen LogP contribution in [0, 0.1) is 5.92 Å². The highest BCUT2D eigenvalue weighted by atomic mass is 16.2. The maximum Gasteiger partial charge on any atom is 0.317 e. The summed E-state index contributed by atoms with van der Waals surface area (Å²) < 4.78 is 0. The monoisotopic (exact) mass is 196 g/mol. The van der Waals surface area contributed by atoms with Crippen molar-refractivity contribution in [2.45, 2.75) is 31.7 Å². The first-order valence-corrected chi connectivity index (χ1v) is 5.24.